The van der Waals surface area contributed by atoms with E-state index in [0.717, 1.165) is 25.6 Å². The predicted molar refractivity (Wildman–Crippen MR) is 80.6 cm³/mol. The zero-order valence-electron chi connectivity index (χ0n) is 10.1. The molecule has 1 N–H and O–H groups in total. The fourth-order valence-electron chi connectivity index (χ4n) is 2.02. The minimum atomic E-state index is -0.504. The number of aliphatic hydroxyl groups excluding tert-OH is 1. The lowest BCUT2D eigenvalue weighted by Gasteiger charge is -2.28. The molecule has 1 aliphatic rings. The molecule has 3 rings (SSSR count). The normalized spacial score (nSPS) is 19.6. The predicted octanol–water partition coefficient (Wildman–Crippen LogP) is 3.86. The van der Waals surface area contributed by atoms with Crippen molar-refractivity contribution in [1.82, 2.24) is 0 Å². The maximum Gasteiger partial charge on any atom is 0.134 e. The first kappa shape index (κ1) is 13.3. The number of halogens is 1. The van der Waals surface area contributed by atoms with E-state index in [2.05, 4.69) is 0 Å². The number of ether oxygens (including phenoxy) is 1. The lowest BCUT2D eigenvalue weighted by Crippen LogP contribution is -2.37. The molecule has 1 aromatic heterocycles. The Morgan fingerprint density at radius 2 is 2.16 bits per heavy atom. The second-order valence-corrected chi connectivity index (χ2v) is 7.25. The van der Waals surface area contributed by atoms with Crippen molar-refractivity contribution in [1.29, 1.82) is 0 Å². The summed E-state index contributed by atoms with van der Waals surface area (Å²) in [6, 6.07) is 11.8. The highest BCUT2D eigenvalue weighted by Crippen LogP contribution is 2.36. The Morgan fingerprint density at radius 1 is 1.32 bits per heavy atom. The number of hydrogen-bond donors (Lipinski definition) is 1. The fraction of sp³-hybridized carbons (Fsp3) is 0.286. The Balaban J connectivity index is 1.67. The molecule has 19 heavy (non-hydrogen) atoms. The quantitative estimate of drug-likeness (QED) is 0.933. The maximum absolute atomic E-state index is 10.3. The van der Waals surface area contributed by atoms with E-state index >= 15 is 0 Å². The van der Waals surface area contributed by atoms with E-state index in [1.807, 2.05) is 36.4 Å². The number of rotatable bonds is 3. The smallest absolute Gasteiger partial charge is 0.134 e. The monoisotopic (exact) mass is 312 g/mol. The molecule has 0 spiro atoms. The van der Waals surface area contributed by atoms with Crippen molar-refractivity contribution >= 4 is 34.7 Å². The Kier molecular flexibility index (Phi) is 4.03. The van der Waals surface area contributed by atoms with Gasteiger partial charge in [0.2, 0.25) is 0 Å². The molecule has 0 amide bonds. The fourth-order valence-corrected chi connectivity index (χ4v) is 4.23. The first-order chi connectivity index (χ1) is 9.22. The topological polar surface area (TPSA) is 29.5 Å². The second kappa shape index (κ2) is 5.75. The van der Waals surface area contributed by atoms with Crippen LogP contribution in [0.25, 0.3) is 0 Å². The molecule has 0 aliphatic carbocycles. The van der Waals surface area contributed by atoms with E-state index in [4.69, 9.17) is 16.3 Å². The number of thioether (sulfide) groups is 1. The van der Waals surface area contributed by atoms with E-state index in [1.165, 1.54) is 11.3 Å². The van der Waals surface area contributed by atoms with E-state index in [9.17, 15) is 5.11 Å². The van der Waals surface area contributed by atoms with Gasteiger partial charge in [-0.2, -0.15) is 0 Å². The van der Waals surface area contributed by atoms with Gasteiger partial charge >= 0.3 is 0 Å². The van der Waals surface area contributed by atoms with Crippen LogP contribution in [-0.4, -0.2) is 23.1 Å². The van der Waals surface area contributed by atoms with Crippen LogP contribution < -0.4 is 4.74 Å². The summed E-state index contributed by atoms with van der Waals surface area (Å²) in [5.41, 5.74) is 0. The highest BCUT2D eigenvalue weighted by atomic mass is 35.5. The number of thiophene rings is 1. The Morgan fingerprint density at radius 3 is 2.95 bits per heavy atom. The van der Waals surface area contributed by atoms with Gasteiger partial charge in [0.1, 0.15) is 11.9 Å². The molecular formula is C14H13ClO2S2. The van der Waals surface area contributed by atoms with E-state index in [1.54, 1.807) is 11.8 Å². The molecule has 2 heterocycles. The van der Waals surface area contributed by atoms with Gasteiger partial charge in [0.05, 0.1) is 10.4 Å². The number of aliphatic hydroxyl groups is 1. The van der Waals surface area contributed by atoms with E-state index in [-0.39, 0.29) is 6.10 Å². The van der Waals surface area contributed by atoms with Gasteiger partial charge in [-0.3, -0.25) is 0 Å². The number of fused-ring (bicyclic) bond motifs is 1. The minimum Gasteiger partial charge on any atom is -0.486 e. The molecule has 2 nitrogen and oxygen atoms in total. The number of para-hydroxylation sites is 1. The first-order valence-electron chi connectivity index (χ1n) is 6.03. The number of hydrogen-bond acceptors (Lipinski definition) is 4. The Hall–Kier alpha value is -0.680. The summed E-state index contributed by atoms with van der Waals surface area (Å²) in [4.78, 5) is 2.23. The largest absolute Gasteiger partial charge is 0.486 e. The summed E-state index contributed by atoms with van der Waals surface area (Å²) in [6.07, 6.45) is -0.0820. The van der Waals surface area contributed by atoms with Crippen LogP contribution in [0.3, 0.4) is 0 Å². The number of benzene rings is 1. The van der Waals surface area contributed by atoms with Gasteiger partial charge in [-0.15, -0.1) is 23.1 Å². The van der Waals surface area contributed by atoms with Crippen molar-refractivity contribution < 1.29 is 9.84 Å². The summed E-state index contributed by atoms with van der Waals surface area (Å²) >= 11 is 9.14. The van der Waals surface area contributed by atoms with Gasteiger partial charge in [-0.25, -0.2) is 0 Å². The molecule has 0 saturated carbocycles. The molecule has 100 valence electrons. The molecule has 2 atom stereocenters. The second-order valence-electron chi connectivity index (χ2n) is 4.39. The zero-order chi connectivity index (χ0) is 13.2. The molecule has 0 radical (unpaired) electrons. The van der Waals surface area contributed by atoms with Gasteiger partial charge < -0.3 is 9.84 Å². The molecule has 0 bridgehead atoms. The maximum atomic E-state index is 10.3. The van der Waals surface area contributed by atoms with Crippen molar-refractivity contribution in [3.8, 4) is 5.75 Å². The average molecular weight is 313 g/mol. The minimum absolute atomic E-state index is 0.166. The van der Waals surface area contributed by atoms with E-state index in [0.29, 0.717) is 6.42 Å². The van der Waals surface area contributed by atoms with Crippen LogP contribution in [0.4, 0.5) is 0 Å². The summed E-state index contributed by atoms with van der Waals surface area (Å²) in [5, 5.41) is 10.3. The summed E-state index contributed by atoms with van der Waals surface area (Å²) in [6.45, 7) is 0. The van der Waals surface area contributed by atoms with Crippen LogP contribution in [0.5, 0.6) is 5.75 Å². The van der Waals surface area contributed by atoms with Crippen LogP contribution in [0.1, 0.15) is 4.88 Å². The molecule has 5 heteroatoms. The van der Waals surface area contributed by atoms with Crippen molar-refractivity contribution in [2.75, 3.05) is 5.75 Å². The molecule has 0 fully saturated rings. The van der Waals surface area contributed by atoms with Gasteiger partial charge in [0.15, 0.2) is 0 Å². The van der Waals surface area contributed by atoms with Gasteiger partial charge in [-0.05, 0) is 24.3 Å². The molecule has 1 aromatic carbocycles. The lowest BCUT2D eigenvalue weighted by atomic mass is 10.1. The third kappa shape index (κ3) is 3.08. The van der Waals surface area contributed by atoms with Crippen molar-refractivity contribution in [3.05, 3.63) is 45.6 Å². The van der Waals surface area contributed by atoms with Crippen LogP contribution in [-0.2, 0) is 6.42 Å². The van der Waals surface area contributed by atoms with Crippen LogP contribution >= 0.6 is 34.7 Å². The van der Waals surface area contributed by atoms with Crippen LogP contribution in [0.15, 0.2) is 41.3 Å². The van der Waals surface area contributed by atoms with Crippen molar-refractivity contribution in [2.24, 2.45) is 0 Å². The Labute approximate surface area is 125 Å². The third-order valence-electron chi connectivity index (χ3n) is 3.00. The molecule has 2 aromatic rings. The Bertz CT molecular complexity index is 570. The van der Waals surface area contributed by atoms with Crippen molar-refractivity contribution in [2.45, 2.75) is 23.5 Å². The van der Waals surface area contributed by atoms with Gasteiger partial charge in [-0.1, -0.05) is 23.7 Å². The van der Waals surface area contributed by atoms with Crippen molar-refractivity contribution in [3.63, 3.8) is 0 Å². The SMILES string of the molecule is OC(Cc1ccc(Cl)s1)C1CSc2ccccc2O1. The van der Waals surface area contributed by atoms with Crippen LogP contribution in [0.2, 0.25) is 4.34 Å². The molecule has 0 saturated heterocycles. The highest BCUT2D eigenvalue weighted by Gasteiger charge is 2.27. The molecule has 1 aliphatic heterocycles. The summed E-state index contributed by atoms with van der Waals surface area (Å²) < 4.78 is 6.63. The standard InChI is InChI=1S/C14H13ClO2S2/c15-14-6-5-9(19-14)7-10(16)12-8-18-13-4-2-1-3-11(13)17-12/h1-6,10,12,16H,7-8H2. The molecule has 2 unspecified atom stereocenters. The summed E-state index contributed by atoms with van der Waals surface area (Å²) in [5.74, 6) is 1.64. The zero-order valence-corrected chi connectivity index (χ0v) is 12.5. The van der Waals surface area contributed by atoms with Crippen LogP contribution in [0, 0.1) is 0 Å². The van der Waals surface area contributed by atoms with Gasteiger partial charge in [0.25, 0.3) is 0 Å². The first-order valence-corrected chi connectivity index (χ1v) is 8.21. The van der Waals surface area contributed by atoms with E-state index < -0.39 is 6.10 Å². The molecular weight excluding hydrogens is 300 g/mol. The third-order valence-corrected chi connectivity index (χ3v) is 5.40. The summed E-state index contributed by atoms with van der Waals surface area (Å²) in [7, 11) is 0. The lowest BCUT2D eigenvalue weighted by molar-refractivity contribution is 0.0474. The highest BCUT2D eigenvalue weighted by molar-refractivity contribution is 7.99. The average Bonchev–Trinajstić information content (AvgIpc) is 2.83. The van der Waals surface area contributed by atoms with Gasteiger partial charge in [0, 0.05) is 21.9 Å².